The number of para-hydroxylation sites is 1. The lowest BCUT2D eigenvalue weighted by atomic mass is 10.1. The van der Waals surface area contributed by atoms with Crippen molar-refractivity contribution in [3.63, 3.8) is 0 Å². The summed E-state index contributed by atoms with van der Waals surface area (Å²) in [4.78, 5) is 10.9. The molecule has 2 rings (SSSR count). The fourth-order valence-corrected chi connectivity index (χ4v) is 1.12. The van der Waals surface area contributed by atoms with Gasteiger partial charge in [0.1, 0.15) is 5.52 Å². The number of carbonyl (C=O) groups is 1. The van der Waals surface area contributed by atoms with Crippen LogP contribution in [0, 0.1) is 0 Å². The van der Waals surface area contributed by atoms with Gasteiger partial charge in [-0.05, 0) is 6.07 Å². The zero-order valence-electron chi connectivity index (χ0n) is 7.19. The van der Waals surface area contributed by atoms with E-state index in [9.17, 15) is 4.79 Å². The number of amides is 1. The standard InChI is InChI=1S/C8H7N3O/c9-8(12)6-3-1-2-5-4-10-11-7(5)6/h1-4H,(H2,9,12)(H,10,11)/i/hT. The molecule has 0 aliphatic heterocycles. The maximum atomic E-state index is 10.9. The number of primary amides is 1. The minimum atomic E-state index is -0.524. The molecule has 0 spiro atoms. The molecule has 0 bridgehead atoms. The molecule has 4 heteroatoms. The molecule has 3 N–H and O–H groups in total. The summed E-state index contributed by atoms with van der Waals surface area (Å²) >= 11 is 0. The van der Waals surface area contributed by atoms with Gasteiger partial charge in [0.2, 0.25) is 0 Å². The van der Waals surface area contributed by atoms with Crippen LogP contribution in [0.4, 0.5) is 0 Å². The first-order chi connectivity index (χ1) is 6.18. The fraction of sp³-hybridized carbons (Fsp3) is 0. The van der Waals surface area contributed by atoms with Crippen LogP contribution in [-0.2, 0) is 0 Å². The third-order valence-corrected chi connectivity index (χ3v) is 1.69. The van der Waals surface area contributed by atoms with Crippen molar-refractivity contribution < 1.29 is 6.21 Å². The third kappa shape index (κ3) is 0.852. The summed E-state index contributed by atoms with van der Waals surface area (Å²) in [6.45, 7) is 0. The average molecular weight is 163 g/mol. The van der Waals surface area contributed by atoms with Gasteiger partial charge in [-0.25, -0.2) is 0 Å². The van der Waals surface area contributed by atoms with Crippen LogP contribution in [0.2, 0.25) is 1.41 Å². The number of carbonyl (C=O) groups excluding carboxylic acids is 1. The van der Waals surface area contributed by atoms with Gasteiger partial charge in [0.05, 0.1) is 5.56 Å². The monoisotopic (exact) mass is 163 g/mol. The van der Waals surface area contributed by atoms with Gasteiger partial charge in [-0.2, -0.15) is 5.10 Å². The molecule has 0 unspecified atom stereocenters. The van der Waals surface area contributed by atoms with Crippen LogP contribution in [-0.4, -0.2) is 16.1 Å². The molecule has 0 aliphatic rings. The fourth-order valence-electron chi connectivity index (χ4n) is 1.12. The highest BCUT2D eigenvalue weighted by atomic mass is 16.1. The Balaban J connectivity index is 2.82. The second kappa shape index (κ2) is 2.34. The van der Waals surface area contributed by atoms with Gasteiger partial charge >= 0.3 is 0 Å². The zero-order valence-corrected chi connectivity index (χ0v) is 6.19. The van der Waals surface area contributed by atoms with Gasteiger partial charge in [-0.3, -0.25) is 9.89 Å². The highest BCUT2D eigenvalue weighted by molar-refractivity contribution is 6.04. The quantitative estimate of drug-likeness (QED) is 0.648. The Hall–Kier alpha value is -1.84. The summed E-state index contributed by atoms with van der Waals surface area (Å²) in [5.74, 6) is -0.524. The number of H-pyrrole nitrogens is 1. The number of nitrogens with one attached hydrogen (secondary N) is 1. The average Bonchev–Trinajstić information content (AvgIpc) is 2.43. The number of aromatic amines is 1. The van der Waals surface area contributed by atoms with Crippen molar-refractivity contribution in [2.45, 2.75) is 0 Å². The van der Waals surface area contributed by atoms with Crippen LogP contribution in [0.3, 0.4) is 0 Å². The molecule has 0 atom stereocenters. The van der Waals surface area contributed by atoms with E-state index in [-0.39, 0.29) is 0 Å². The largest absolute Gasteiger partial charge is 0.366 e. The van der Waals surface area contributed by atoms with Crippen molar-refractivity contribution in [1.29, 1.82) is 0 Å². The number of aromatic nitrogens is 2. The summed E-state index contributed by atoms with van der Waals surface area (Å²) in [6.07, 6.45) is 1.52. The van der Waals surface area contributed by atoms with E-state index in [0.29, 0.717) is 11.1 Å². The van der Waals surface area contributed by atoms with E-state index in [1.165, 1.54) is 6.20 Å². The summed E-state index contributed by atoms with van der Waals surface area (Å²) in [5.41, 5.74) is 5.97. The number of nitrogens with two attached hydrogens (primary N) is 1. The SMILES string of the molecule is [3H]n1cc2cccc(C(N)=O)c2n1. The van der Waals surface area contributed by atoms with Crippen LogP contribution < -0.4 is 5.73 Å². The number of hydrogen-bond donors (Lipinski definition) is 2. The Labute approximate surface area is 69.8 Å². The van der Waals surface area contributed by atoms with E-state index in [4.69, 9.17) is 7.15 Å². The number of hydrogen-bond acceptors (Lipinski definition) is 2. The van der Waals surface area contributed by atoms with E-state index in [1.54, 1.807) is 18.2 Å². The molecule has 2 aromatic rings. The van der Waals surface area contributed by atoms with Crippen molar-refractivity contribution in [2.75, 3.05) is 0 Å². The van der Waals surface area contributed by atoms with Crippen molar-refractivity contribution in [3.8, 4) is 0 Å². The Bertz CT molecular complexity index is 477. The molecule has 0 fully saturated rings. The molecule has 0 saturated heterocycles. The summed E-state index contributed by atoms with van der Waals surface area (Å²) in [7, 11) is 0. The Morgan fingerprint density at radius 2 is 2.50 bits per heavy atom. The molecule has 0 saturated carbocycles. The maximum Gasteiger partial charge on any atom is 0.250 e. The molecule has 0 radical (unpaired) electrons. The number of benzene rings is 1. The Kier molecular flexibility index (Phi) is 1.12. The normalized spacial score (nSPS) is 11.5. The lowest BCUT2D eigenvalue weighted by molar-refractivity contribution is 0.100. The molecule has 0 aliphatic carbocycles. The lowest BCUT2D eigenvalue weighted by Gasteiger charge is -1.94. The summed E-state index contributed by atoms with van der Waals surface area (Å²) < 4.78 is 7.21. The van der Waals surface area contributed by atoms with Gasteiger partial charge in [-0.1, -0.05) is 12.1 Å². The van der Waals surface area contributed by atoms with Crippen molar-refractivity contribution >= 4 is 16.8 Å². The van der Waals surface area contributed by atoms with Crippen LogP contribution in [0.25, 0.3) is 10.9 Å². The molecule has 1 heterocycles. The smallest absolute Gasteiger partial charge is 0.250 e. The van der Waals surface area contributed by atoms with Gasteiger partial charge < -0.3 is 5.73 Å². The number of nitrogens with zero attached hydrogens (tertiary/aromatic N) is 1. The van der Waals surface area contributed by atoms with Crippen LogP contribution in [0.5, 0.6) is 0 Å². The lowest BCUT2D eigenvalue weighted by Crippen LogP contribution is -2.11. The van der Waals surface area contributed by atoms with Crippen molar-refractivity contribution in [1.82, 2.24) is 10.2 Å². The van der Waals surface area contributed by atoms with Crippen LogP contribution in [0.1, 0.15) is 10.4 Å². The van der Waals surface area contributed by atoms with Gasteiger partial charge in [-0.15, -0.1) is 0 Å². The van der Waals surface area contributed by atoms with E-state index in [2.05, 4.69) is 5.10 Å². The minimum Gasteiger partial charge on any atom is -0.366 e. The van der Waals surface area contributed by atoms with Crippen molar-refractivity contribution in [2.24, 2.45) is 5.73 Å². The molecule has 60 valence electrons. The van der Waals surface area contributed by atoms with Crippen molar-refractivity contribution in [3.05, 3.63) is 30.0 Å². The van der Waals surface area contributed by atoms with Crippen LogP contribution in [0.15, 0.2) is 24.4 Å². The van der Waals surface area contributed by atoms with E-state index >= 15 is 0 Å². The first-order valence-corrected chi connectivity index (χ1v) is 3.46. The molecular formula is C8H7N3O. The van der Waals surface area contributed by atoms with E-state index < -0.39 is 5.91 Å². The second-order valence-corrected chi connectivity index (χ2v) is 2.45. The topological polar surface area (TPSA) is 71.8 Å². The van der Waals surface area contributed by atoms with Gasteiger partial charge in [0, 0.05) is 11.6 Å². The zero-order chi connectivity index (χ0) is 9.42. The van der Waals surface area contributed by atoms with Gasteiger partial charge in [0.25, 0.3) is 5.91 Å². The summed E-state index contributed by atoms with van der Waals surface area (Å²) in [5, 5.41) is 5.47. The highest BCUT2D eigenvalue weighted by Crippen LogP contribution is 2.14. The molecular weight excluding hydrogens is 154 g/mol. The van der Waals surface area contributed by atoms with E-state index in [0.717, 1.165) is 10.5 Å². The third-order valence-electron chi connectivity index (χ3n) is 1.69. The molecule has 1 amide bonds. The Morgan fingerprint density at radius 1 is 1.67 bits per heavy atom. The number of fused-ring (bicyclic) bond motifs is 1. The number of rotatable bonds is 1. The summed E-state index contributed by atoms with van der Waals surface area (Å²) in [6, 6.07) is 5.08. The van der Waals surface area contributed by atoms with Gasteiger partial charge in [0.15, 0.2) is 1.41 Å². The Morgan fingerprint density at radius 3 is 3.25 bits per heavy atom. The molecule has 1 aromatic carbocycles. The first kappa shape index (κ1) is 5.77. The van der Waals surface area contributed by atoms with E-state index in [1.807, 2.05) is 0 Å². The van der Waals surface area contributed by atoms with Crippen LogP contribution >= 0.6 is 0 Å². The molecule has 12 heavy (non-hydrogen) atoms. The highest BCUT2D eigenvalue weighted by Gasteiger charge is 2.06. The molecule has 1 aromatic heterocycles. The molecule has 4 nitrogen and oxygen atoms in total. The second-order valence-electron chi connectivity index (χ2n) is 2.45. The first-order valence-electron chi connectivity index (χ1n) is 3.90. The maximum absolute atomic E-state index is 10.9. The predicted molar refractivity (Wildman–Crippen MR) is 44.6 cm³/mol. The minimum absolute atomic E-state index is 0.350. The predicted octanol–water partition coefficient (Wildman–Crippen LogP) is 0.662.